The number of ether oxygens (including phenoxy) is 2. The van der Waals surface area contributed by atoms with Crippen LogP contribution in [0.2, 0.25) is 10.0 Å². The number of methoxy groups -OCH3 is 2. The van der Waals surface area contributed by atoms with Crippen molar-refractivity contribution in [1.29, 1.82) is 0 Å². The molecule has 0 aliphatic heterocycles. The molecule has 1 heterocycles. The second-order valence-corrected chi connectivity index (χ2v) is 7.01. The Morgan fingerprint density at radius 1 is 0.867 bits per heavy atom. The van der Waals surface area contributed by atoms with E-state index in [0.717, 1.165) is 0 Å². The zero-order chi connectivity index (χ0) is 21.8. The van der Waals surface area contributed by atoms with E-state index in [2.05, 4.69) is 15.7 Å². The molecule has 0 aliphatic carbocycles. The van der Waals surface area contributed by atoms with Gasteiger partial charge in [-0.2, -0.15) is 5.10 Å². The maximum atomic E-state index is 12.7. The summed E-state index contributed by atoms with van der Waals surface area (Å²) in [5.74, 6) is -0.119. The highest BCUT2D eigenvalue weighted by Crippen LogP contribution is 2.29. The van der Waals surface area contributed by atoms with Gasteiger partial charge in [0.15, 0.2) is 5.69 Å². The summed E-state index contributed by atoms with van der Waals surface area (Å²) in [6.45, 7) is 0. The number of hydrogen-bond donors (Lipinski definition) is 2. The molecule has 8 nitrogen and oxygen atoms in total. The molecule has 0 spiro atoms. The van der Waals surface area contributed by atoms with Crippen molar-refractivity contribution in [1.82, 2.24) is 9.78 Å². The molecule has 2 amide bonds. The molecule has 0 saturated heterocycles. The Labute approximate surface area is 182 Å². The lowest BCUT2D eigenvalue weighted by molar-refractivity contribution is 0.101. The van der Waals surface area contributed by atoms with Crippen LogP contribution in [0.25, 0.3) is 0 Å². The third kappa shape index (κ3) is 4.67. The first kappa shape index (κ1) is 21.5. The summed E-state index contributed by atoms with van der Waals surface area (Å²) in [7, 11) is 4.52. The van der Waals surface area contributed by atoms with Gasteiger partial charge in [0.05, 0.1) is 25.6 Å². The molecule has 2 N–H and O–H groups in total. The lowest BCUT2D eigenvalue weighted by atomic mass is 10.2. The van der Waals surface area contributed by atoms with Crippen LogP contribution >= 0.6 is 23.2 Å². The van der Waals surface area contributed by atoms with Gasteiger partial charge in [0, 0.05) is 23.2 Å². The minimum atomic E-state index is -0.523. The van der Waals surface area contributed by atoms with Crippen LogP contribution in [0.4, 0.5) is 11.4 Å². The number of nitrogens with one attached hydrogen (secondary N) is 2. The van der Waals surface area contributed by atoms with Crippen molar-refractivity contribution in [3.8, 4) is 11.5 Å². The van der Waals surface area contributed by atoms with Gasteiger partial charge in [-0.25, -0.2) is 0 Å². The highest BCUT2D eigenvalue weighted by Gasteiger charge is 2.20. The Hall–Kier alpha value is -3.23. The lowest BCUT2D eigenvalue weighted by Crippen LogP contribution is -2.16. The molecule has 3 rings (SSSR count). The number of benzene rings is 2. The van der Waals surface area contributed by atoms with Crippen LogP contribution in [0.1, 0.15) is 21.0 Å². The van der Waals surface area contributed by atoms with Crippen molar-refractivity contribution in [2.45, 2.75) is 0 Å². The summed E-state index contributed by atoms with van der Waals surface area (Å²) >= 11 is 12.0. The number of nitrogens with zero attached hydrogens (tertiary/aromatic N) is 2. The number of hydrogen-bond acceptors (Lipinski definition) is 5. The summed E-state index contributed by atoms with van der Waals surface area (Å²) in [4.78, 5) is 25.3. The fourth-order valence-corrected chi connectivity index (χ4v) is 3.06. The molecule has 0 bridgehead atoms. The number of carbonyl (C=O) groups is 2. The summed E-state index contributed by atoms with van der Waals surface area (Å²) in [5.41, 5.74) is 0.990. The van der Waals surface area contributed by atoms with E-state index in [0.29, 0.717) is 32.9 Å². The van der Waals surface area contributed by atoms with Crippen molar-refractivity contribution < 1.29 is 19.1 Å². The lowest BCUT2D eigenvalue weighted by Gasteiger charge is -2.10. The predicted molar refractivity (Wildman–Crippen MR) is 115 cm³/mol. The minimum Gasteiger partial charge on any atom is -0.495 e. The number of carbonyl (C=O) groups excluding carboxylic acids is 2. The number of halogens is 2. The van der Waals surface area contributed by atoms with Gasteiger partial charge in [0.2, 0.25) is 0 Å². The number of amides is 2. The summed E-state index contributed by atoms with van der Waals surface area (Å²) < 4.78 is 11.7. The first-order valence-corrected chi connectivity index (χ1v) is 9.41. The third-order valence-electron chi connectivity index (χ3n) is 4.16. The highest BCUT2D eigenvalue weighted by molar-refractivity contribution is 6.31. The van der Waals surface area contributed by atoms with Crippen LogP contribution < -0.4 is 20.1 Å². The smallest absolute Gasteiger partial charge is 0.276 e. The van der Waals surface area contributed by atoms with Crippen molar-refractivity contribution in [3.63, 3.8) is 0 Å². The maximum absolute atomic E-state index is 12.7. The largest absolute Gasteiger partial charge is 0.495 e. The Bertz CT molecular complexity index is 1110. The Morgan fingerprint density at radius 3 is 1.87 bits per heavy atom. The van der Waals surface area contributed by atoms with Crippen LogP contribution in [0.5, 0.6) is 11.5 Å². The van der Waals surface area contributed by atoms with Gasteiger partial charge in [0.25, 0.3) is 11.8 Å². The quantitative estimate of drug-likeness (QED) is 0.587. The van der Waals surface area contributed by atoms with Crippen molar-refractivity contribution in [2.24, 2.45) is 7.05 Å². The van der Waals surface area contributed by atoms with Gasteiger partial charge in [-0.15, -0.1) is 0 Å². The maximum Gasteiger partial charge on any atom is 0.276 e. The minimum absolute atomic E-state index is 0.0442. The van der Waals surface area contributed by atoms with Crippen molar-refractivity contribution in [2.75, 3.05) is 24.9 Å². The number of aromatic nitrogens is 2. The van der Waals surface area contributed by atoms with E-state index in [-0.39, 0.29) is 11.4 Å². The molecular formula is C20H18Cl2N4O4. The average molecular weight is 449 g/mol. The summed E-state index contributed by atoms with van der Waals surface area (Å²) in [6.07, 6.45) is 0. The first-order chi connectivity index (χ1) is 14.3. The molecule has 0 aliphatic rings. The van der Waals surface area contributed by atoms with E-state index in [4.69, 9.17) is 32.7 Å². The molecule has 0 fully saturated rings. The third-order valence-corrected chi connectivity index (χ3v) is 4.63. The van der Waals surface area contributed by atoms with Gasteiger partial charge in [-0.05, 0) is 36.4 Å². The average Bonchev–Trinajstić information content (AvgIpc) is 3.10. The van der Waals surface area contributed by atoms with Crippen LogP contribution in [-0.2, 0) is 7.05 Å². The topological polar surface area (TPSA) is 94.5 Å². The molecule has 0 atom stereocenters. The van der Waals surface area contributed by atoms with E-state index in [1.54, 1.807) is 43.4 Å². The molecule has 30 heavy (non-hydrogen) atoms. The fraction of sp³-hybridized carbons (Fsp3) is 0.150. The molecular weight excluding hydrogens is 431 g/mol. The van der Waals surface area contributed by atoms with Gasteiger partial charge in [0.1, 0.15) is 17.2 Å². The zero-order valence-electron chi connectivity index (χ0n) is 16.3. The standard InChI is InChI=1S/C20H18Cl2N4O4/c1-26-16(20(28)24-14-9-12(22)5-7-18(14)30-3)10-15(25-26)19(27)23-13-8-11(21)4-6-17(13)29-2/h4-10H,1-3H3,(H,23,27)(H,24,28). The van der Waals surface area contributed by atoms with Crippen LogP contribution in [-0.4, -0.2) is 35.8 Å². The monoisotopic (exact) mass is 448 g/mol. The van der Waals surface area contributed by atoms with E-state index in [1.165, 1.54) is 25.0 Å². The number of aryl methyl sites for hydroxylation is 1. The molecule has 3 aromatic rings. The van der Waals surface area contributed by atoms with Gasteiger partial charge in [-0.1, -0.05) is 23.2 Å². The molecule has 0 unspecified atom stereocenters. The molecule has 0 radical (unpaired) electrons. The van der Waals surface area contributed by atoms with Crippen LogP contribution in [0.15, 0.2) is 42.5 Å². The number of anilines is 2. The van der Waals surface area contributed by atoms with Gasteiger partial charge < -0.3 is 20.1 Å². The number of rotatable bonds is 6. The molecule has 0 saturated carbocycles. The fourth-order valence-electron chi connectivity index (χ4n) is 2.72. The molecule has 1 aromatic heterocycles. The first-order valence-electron chi connectivity index (χ1n) is 8.66. The van der Waals surface area contributed by atoms with Crippen LogP contribution in [0, 0.1) is 0 Å². The Kier molecular flexibility index (Phi) is 6.49. The van der Waals surface area contributed by atoms with Crippen LogP contribution in [0.3, 0.4) is 0 Å². The predicted octanol–water partition coefficient (Wildman–Crippen LogP) is 4.25. The van der Waals surface area contributed by atoms with Gasteiger partial charge >= 0.3 is 0 Å². The second-order valence-electron chi connectivity index (χ2n) is 6.14. The van der Waals surface area contributed by atoms with E-state index in [9.17, 15) is 9.59 Å². The van der Waals surface area contributed by atoms with Crippen molar-refractivity contribution in [3.05, 3.63) is 63.9 Å². The zero-order valence-corrected chi connectivity index (χ0v) is 17.8. The molecule has 2 aromatic carbocycles. The van der Waals surface area contributed by atoms with E-state index >= 15 is 0 Å². The van der Waals surface area contributed by atoms with Gasteiger partial charge in [-0.3, -0.25) is 14.3 Å². The Morgan fingerprint density at radius 2 is 1.37 bits per heavy atom. The van der Waals surface area contributed by atoms with E-state index < -0.39 is 11.8 Å². The molecule has 10 heteroatoms. The summed E-state index contributed by atoms with van der Waals surface area (Å²) in [5, 5.41) is 10.4. The highest BCUT2D eigenvalue weighted by atomic mass is 35.5. The Balaban J connectivity index is 1.81. The normalized spacial score (nSPS) is 10.4. The SMILES string of the molecule is COc1ccc(Cl)cc1NC(=O)c1cc(C(=O)Nc2cc(Cl)ccc2OC)n(C)n1. The second kappa shape index (κ2) is 9.06. The molecule has 156 valence electrons. The summed E-state index contributed by atoms with van der Waals surface area (Å²) in [6, 6.07) is 11.1. The van der Waals surface area contributed by atoms with Crippen molar-refractivity contribution >= 4 is 46.4 Å². The van der Waals surface area contributed by atoms with E-state index in [1.807, 2.05) is 0 Å².